The minimum atomic E-state index is 0.0770. The van der Waals surface area contributed by atoms with Gasteiger partial charge in [-0.2, -0.15) is 0 Å². The molecule has 11 heavy (non-hydrogen) atoms. The molecule has 2 aliphatic rings. The molecule has 2 heterocycles. The molecule has 0 aromatic carbocycles. The Labute approximate surface area is 75.3 Å². The van der Waals surface area contributed by atoms with Gasteiger partial charge in [0.2, 0.25) is 5.91 Å². The third kappa shape index (κ3) is 1.07. The first-order valence-electron chi connectivity index (χ1n) is 3.40. The summed E-state index contributed by atoms with van der Waals surface area (Å²) >= 11 is 0.0770. The predicted molar refractivity (Wildman–Crippen MR) is 53.6 cm³/mol. The number of allylic oxidation sites excluding steroid dienone is 2. The second kappa shape index (κ2) is 2.55. The van der Waals surface area contributed by atoms with Crippen molar-refractivity contribution in [2.24, 2.45) is 0 Å². The van der Waals surface area contributed by atoms with Crippen LogP contribution in [0.2, 0.25) is 0 Å². The second-order valence-electron chi connectivity index (χ2n) is 2.57. The molecule has 0 spiro atoms. The van der Waals surface area contributed by atoms with E-state index >= 15 is 0 Å². The molecule has 2 aliphatic heterocycles. The summed E-state index contributed by atoms with van der Waals surface area (Å²) in [6, 6.07) is 0. The van der Waals surface area contributed by atoms with Crippen LogP contribution < -0.4 is 0 Å². The normalized spacial score (nSPS) is 22.3. The molecule has 1 amide bonds. The lowest BCUT2D eigenvalue weighted by Gasteiger charge is -2.10. The number of hydrogen-bond donors (Lipinski definition) is 0. The van der Waals surface area contributed by atoms with Crippen molar-refractivity contribution in [2.45, 2.75) is 6.42 Å². The molecule has 0 unspecified atom stereocenters. The van der Waals surface area contributed by atoms with E-state index in [0.29, 0.717) is 6.42 Å². The fourth-order valence-corrected chi connectivity index (χ4v) is 3.23. The zero-order valence-corrected chi connectivity index (χ0v) is 8.33. The van der Waals surface area contributed by atoms with E-state index in [9.17, 15) is 4.79 Å². The molecule has 0 aliphatic carbocycles. The highest BCUT2D eigenvalue weighted by Gasteiger charge is 2.24. The number of amides is 1. The fraction of sp³-hybridized carbons (Fsp3) is 0.250. The number of hydrogen-bond acceptors (Lipinski definition) is 1. The summed E-state index contributed by atoms with van der Waals surface area (Å²) in [4.78, 5) is 12.9. The second-order valence-corrected chi connectivity index (χ2v) is 4.63. The van der Waals surface area contributed by atoms with Gasteiger partial charge in [-0.15, -0.1) is 0 Å². The van der Waals surface area contributed by atoms with Crippen LogP contribution in [0.3, 0.4) is 0 Å². The Morgan fingerprint density at radius 2 is 2.45 bits per heavy atom. The molecule has 0 aromatic rings. The topological polar surface area (TPSA) is 20.3 Å². The van der Waals surface area contributed by atoms with E-state index in [0.717, 1.165) is 5.70 Å². The van der Waals surface area contributed by atoms with Gasteiger partial charge in [0.25, 0.3) is 0 Å². The van der Waals surface area contributed by atoms with Gasteiger partial charge < -0.3 is 4.90 Å². The lowest BCUT2D eigenvalue weighted by atomic mass is 10.2. The first kappa shape index (κ1) is 7.21. The Morgan fingerprint density at radius 3 is 3.18 bits per heavy atom. The van der Waals surface area contributed by atoms with Gasteiger partial charge in [-0.25, -0.2) is 0 Å². The highest BCUT2D eigenvalue weighted by Crippen LogP contribution is 2.27. The third-order valence-corrected chi connectivity index (χ3v) is 3.63. The van der Waals surface area contributed by atoms with E-state index in [1.54, 1.807) is 4.90 Å². The summed E-state index contributed by atoms with van der Waals surface area (Å²) in [5.74, 6) is 0.224. The fourth-order valence-electron chi connectivity index (χ4n) is 1.22. The van der Waals surface area contributed by atoms with Gasteiger partial charge in [0, 0.05) is 7.05 Å². The highest BCUT2D eigenvalue weighted by molar-refractivity contribution is 14.2. The van der Waals surface area contributed by atoms with Crippen LogP contribution in [0.5, 0.6) is 0 Å². The zero-order chi connectivity index (χ0) is 7.84. The predicted octanol–water partition coefficient (Wildman–Crippen LogP) is 1.40. The summed E-state index contributed by atoms with van der Waals surface area (Å²) in [7, 11) is 1.85. The molecule has 58 valence electrons. The van der Waals surface area contributed by atoms with E-state index in [1.807, 2.05) is 7.05 Å². The van der Waals surface area contributed by atoms with Crippen molar-refractivity contribution in [3.05, 3.63) is 21.4 Å². The van der Waals surface area contributed by atoms with Crippen LogP contribution in [-0.2, 0) is 4.79 Å². The van der Waals surface area contributed by atoms with Gasteiger partial charge >= 0.3 is 0 Å². The first-order chi connectivity index (χ1) is 5.29. The number of carbonyl (C=O) groups excluding carboxylic acids is 1. The lowest BCUT2D eigenvalue weighted by Crippen LogP contribution is -2.19. The maximum absolute atomic E-state index is 11.2. The molecule has 2 nitrogen and oxygen atoms in total. The van der Waals surface area contributed by atoms with Crippen molar-refractivity contribution in [2.75, 3.05) is 7.05 Å². The van der Waals surface area contributed by atoms with Crippen LogP contribution in [-0.4, -0.2) is 21.9 Å². The SMILES string of the molecule is CN1C(=O)CC2=C1C=IC=C2. The van der Waals surface area contributed by atoms with E-state index < -0.39 is 0 Å². The molecule has 0 N–H and O–H groups in total. The van der Waals surface area contributed by atoms with Crippen LogP contribution >= 0.6 is 20.7 Å². The maximum Gasteiger partial charge on any atom is 0.231 e. The van der Waals surface area contributed by atoms with E-state index in [2.05, 4.69) is 14.2 Å². The Hall–Kier alpha value is -0.450. The van der Waals surface area contributed by atoms with Gasteiger partial charge in [0.05, 0.1) is 12.1 Å². The summed E-state index contributed by atoms with van der Waals surface area (Å²) in [6.07, 6.45) is 2.70. The Morgan fingerprint density at radius 1 is 1.64 bits per heavy atom. The minimum Gasteiger partial charge on any atom is -0.314 e. The number of nitrogens with zero attached hydrogens (tertiary/aromatic N) is 1. The Balaban J connectivity index is 2.44. The van der Waals surface area contributed by atoms with Crippen LogP contribution in [0, 0.1) is 0 Å². The quantitative estimate of drug-likeness (QED) is 0.603. The molecular weight excluding hydrogens is 253 g/mol. The van der Waals surface area contributed by atoms with E-state index in [1.165, 1.54) is 5.57 Å². The first-order valence-corrected chi connectivity index (χ1v) is 5.89. The standard InChI is InChI=1S/C8H8INO/c1-10-7-5-9-3-2-6(7)4-8(10)11/h2-3,5H,4H2,1H3. The van der Waals surface area contributed by atoms with Crippen LogP contribution in [0.15, 0.2) is 21.4 Å². The lowest BCUT2D eigenvalue weighted by molar-refractivity contribution is -0.125. The van der Waals surface area contributed by atoms with Gasteiger partial charge in [-0.05, 0) is 13.7 Å². The molecule has 0 atom stereocenters. The van der Waals surface area contributed by atoms with Crippen molar-refractivity contribution in [1.29, 1.82) is 0 Å². The van der Waals surface area contributed by atoms with Gasteiger partial charge in [-0.3, -0.25) is 4.79 Å². The minimum absolute atomic E-state index is 0.0770. The van der Waals surface area contributed by atoms with Gasteiger partial charge in [0.1, 0.15) is 0 Å². The Kier molecular flexibility index (Phi) is 1.67. The highest BCUT2D eigenvalue weighted by atomic mass is 127. The Bertz CT molecular complexity index is 301. The van der Waals surface area contributed by atoms with Crippen molar-refractivity contribution < 1.29 is 4.79 Å². The van der Waals surface area contributed by atoms with E-state index in [-0.39, 0.29) is 26.6 Å². The average molecular weight is 261 g/mol. The molecular formula is C8H8INO. The number of halogens is 1. The molecule has 0 aromatic heterocycles. The average Bonchev–Trinajstić information content (AvgIpc) is 2.30. The van der Waals surface area contributed by atoms with Crippen molar-refractivity contribution in [3.8, 4) is 0 Å². The monoisotopic (exact) mass is 261 g/mol. The van der Waals surface area contributed by atoms with Gasteiger partial charge in [0.15, 0.2) is 0 Å². The molecule has 0 radical (unpaired) electrons. The molecule has 0 fully saturated rings. The molecule has 3 heteroatoms. The smallest absolute Gasteiger partial charge is 0.231 e. The third-order valence-electron chi connectivity index (χ3n) is 1.91. The van der Waals surface area contributed by atoms with Gasteiger partial charge in [-0.1, -0.05) is 26.8 Å². The zero-order valence-electron chi connectivity index (χ0n) is 6.17. The molecule has 0 saturated carbocycles. The van der Waals surface area contributed by atoms with Crippen molar-refractivity contribution >= 4 is 30.6 Å². The number of rotatable bonds is 0. The van der Waals surface area contributed by atoms with Crippen LogP contribution in [0.1, 0.15) is 6.42 Å². The molecule has 0 saturated heterocycles. The number of carbonyl (C=O) groups is 1. The molecule has 0 bridgehead atoms. The summed E-state index contributed by atoms with van der Waals surface area (Å²) in [5, 5.41) is 0. The summed E-state index contributed by atoms with van der Waals surface area (Å²) in [6.45, 7) is 0. The summed E-state index contributed by atoms with van der Waals surface area (Å²) in [5.41, 5.74) is 2.36. The maximum atomic E-state index is 11.2. The van der Waals surface area contributed by atoms with Crippen LogP contribution in [0.25, 0.3) is 0 Å². The van der Waals surface area contributed by atoms with Crippen molar-refractivity contribution in [1.82, 2.24) is 4.90 Å². The largest absolute Gasteiger partial charge is 0.314 e. The van der Waals surface area contributed by atoms with Crippen molar-refractivity contribution in [3.63, 3.8) is 0 Å². The van der Waals surface area contributed by atoms with Crippen LogP contribution in [0.4, 0.5) is 0 Å². The summed E-state index contributed by atoms with van der Waals surface area (Å²) < 4.78 is 4.41. The van der Waals surface area contributed by atoms with E-state index in [4.69, 9.17) is 0 Å². The molecule has 2 rings (SSSR count).